The maximum absolute atomic E-state index is 11.4. The minimum absolute atomic E-state index is 0.00709. The number of hydrogen-bond acceptors (Lipinski definition) is 4. The van der Waals surface area contributed by atoms with Gasteiger partial charge in [0.15, 0.2) is 0 Å². The van der Waals surface area contributed by atoms with E-state index in [1.807, 2.05) is 24.3 Å². The number of carboxylic acid groups (broad SMARTS) is 1. The Kier molecular flexibility index (Phi) is 6.52. The van der Waals surface area contributed by atoms with E-state index in [4.69, 9.17) is 9.84 Å². The third-order valence-corrected chi connectivity index (χ3v) is 2.85. The largest absolute Gasteiger partial charge is 0.497 e. The minimum Gasteiger partial charge on any atom is -0.497 e. The molecular formula is C14H20N2O4. The third kappa shape index (κ3) is 5.71. The Morgan fingerprint density at radius 2 is 1.95 bits per heavy atom. The van der Waals surface area contributed by atoms with Crippen molar-refractivity contribution in [1.82, 2.24) is 10.2 Å². The van der Waals surface area contributed by atoms with Crippen LogP contribution in [0.15, 0.2) is 24.3 Å². The lowest BCUT2D eigenvalue weighted by Crippen LogP contribution is -2.36. The lowest BCUT2D eigenvalue weighted by atomic mass is 10.2. The zero-order valence-corrected chi connectivity index (χ0v) is 11.8. The average molecular weight is 280 g/mol. The van der Waals surface area contributed by atoms with Crippen molar-refractivity contribution in [2.75, 3.05) is 27.2 Å². The number of nitrogens with zero attached hydrogens (tertiary/aromatic N) is 1. The molecule has 1 rings (SSSR count). The van der Waals surface area contributed by atoms with Crippen molar-refractivity contribution >= 4 is 11.9 Å². The molecule has 0 heterocycles. The normalized spacial score (nSPS) is 10.3. The highest BCUT2D eigenvalue weighted by Crippen LogP contribution is 2.13. The van der Waals surface area contributed by atoms with E-state index in [2.05, 4.69) is 5.32 Å². The predicted molar refractivity (Wildman–Crippen MR) is 74.6 cm³/mol. The number of methoxy groups -OCH3 is 1. The number of aliphatic carboxylic acids is 1. The van der Waals surface area contributed by atoms with Gasteiger partial charge in [-0.2, -0.15) is 0 Å². The van der Waals surface area contributed by atoms with E-state index >= 15 is 0 Å². The molecule has 0 aromatic heterocycles. The molecule has 0 bridgehead atoms. The summed E-state index contributed by atoms with van der Waals surface area (Å²) in [5.41, 5.74) is 1.00. The van der Waals surface area contributed by atoms with Gasteiger partial charge in [-0.3, -0.25) is 14.5 Å². The Labute approximate surface area is 118 Å². The van der Waals surface area contributed by atoms with E-state index in [1.54, 1.807) is 19.1 Å². The minimum atomic E-state index is -0.873. The molecule has 0 saturated carbocycles. The number of carbonyl (C=O) groups is 2. The average Bonchev–Trinajstić information content (AvgIpc) is 2.45. The van der Waals surface area contributed by atoms with Crippen molar-refractivity contribution in [3.05, 3.63) is 29.8 Å². The molecule has 0 atom stereocenters. The van der Waals surface area contributed by atoms with Crippen molar-refractivity contribution in [3.63, 3.8) is 0 Å². The quantitative estimate of drug-likeness (QED) is 0.733. The molecule has 0 aliphatic rings. The first-order valence-corrected chi connectivity index (χ1v) is 6.32. The molecule has 1 aromatic carbocycles. The van der Waals surface area contributed by atoms with Gasteiger partial charge in [0, 0.05) is 20.1 Å². The molecular weight excluding hydrogens is 260 g/mol. The van der Waals surface area contributed by atoms with Crippen molar-refractivity contribution in [2.24, 2.45) is 0 Å². The lowest BCUT2D eigenvalue weighted by Gasteiger charge is -2.20. The number of carbonyl (C=O) groups excluding carboxylic acids is 1. The molecule has 6 nitrogen and oxygen atoms in total. The van der Waals surface area contributed by atoms with Gasteiger partial charge in [-0.15, -0.1) is 0 Å². The van der Waals surface area contributed by atoms with Crippen LogP contribution in [0.4, 0.5) is 0 Å². The Bertz CT molecular complexity index is 445. The standard InChI is InChI=1S/C14H20N2O4/c1-15-13(17)10-16(8-7-14(18)19)9-11-3-5-12(20-2)6-4-11/h3-6H,7-10H2,1-2H3,(H,15,17)(H,18,19). The summed E-state index contributed by atoms with van der Waals surface area (Å²) in [6, 6.07) is 7.47. The van der Waals surface area contributed by atoms with Gasteiger partial charge in [-0.1, -0.05) is 12.1 Å². The molecule has 0 unspecified atom stereocenters. The maximum Gasteiger partial charge on any atom is 0.304 e. The summed E-state index contributed by atoms with van der Waals surface area (Å²) in [7, 11) is 3.16. The first kappa shape index (κ1) is 16.0. The first-order chi connectivity index (χ1) is 9.55. The van der Waals surface area contributed by atoms with Gasteiger partial charge in [0.2, 0.25) is 5.91 Å². The number of amides is 1. The lowest BCUT2D eigenvalue weighted by molar-refractivity contribution is -0.137. The Hall–Kier alpha value is -2.08. The molecule has 0 aliphatic carbocycles. The van der Waals surface area contributed by atoms with Crippen LogP contribution in [0.5, 0.6) is 5.75 Å². The van der Waals surface area contributed by atoms with Gasteiger partial charge in [0.25, 0.3) is 0 Å². The van der Waals surface area contributed by atoms with E-state index in [1.165, 1.54) is 0 Å². The molecule has 20 heavy (non-hydrogen) atoms. The van der Waals surface area contributed by atoms with Gasteiger partial charge in [-0.25, -0.2) is 0 Å². The van der Waals surface area contributed by atoms with Crippen LogP contribution in [0.1, 0.15) is 12.0 Å². The second-order valence-corrected chi connectivity index (χ2v) is 4.38. The summed E-state index contributed by atoms with van der Waals surface area (Å²) >= 11 is 0. The van der Waals surface area contributed by atoms with E-state index in [0.29, 0.717) is 13.1 Å². The maximum atomic E-state index is 11.4. The molecule has 1 aromatic rings. The fraction of sp³-hybridized carbons (Fsp3) is 0.429. The van der Waals surface area contributed by atoms with Gasteiger partial charge >= 0.3 is 5.97 Å². The summed E-state index contributed by atoms with van der Waals surface area (Å²) in [6.45, 7) is 1.02. The van der Waals surface area contributed by atoms with Crippen molar-refractivity contribution in [1.29, 1.82) is 0 Å². The van der Waals surface area contributed by atoms with Crippen LogP contribution in [0.2, 0.25) is 0 Å². The van der Waals surface area contributed by atoms with Gasteiger partial charge in [0.1, 0.15) is 5.75 Å². The van der Waals surface area contributed by atoms with Gasteiger partial charge in [-0.05, 0) is 17.7 Å². The molecule has 0 fully saturated rings. The zero-order chi connectivity index (χ0) is 15.0. The van der Waals surface area contributed by atoms with Gasteiger partial charge < -0.3 is 15.2 Å². The number of benzene rings is 1. The topological polar surface area (TPSA) is 78.9 Å². The summed E-state index contributed by atoms with van der Waals surface area (Å²) in [5, 5.41) is 11.3. The zero-order valence-electron chi connectivity index (χ0n) is 11.8. The smallest absolute Gasteiger partial charge is 0.304 e. The molecule has 0 spiro atoms. The van der Waals surface area contributed by atoms with E-state index in [-0.39, 0.29) is 18.9 Å². The van der Waals surface area contributed by atoms with Gasteiger partial charge in [0.05, 0.1) is 20.1 Å². The van der Waals surface area contributed by atoms with E-state index in [9.17, 15) is 9.59 Å². The second kappa shape index (κ2) is 8.16. The number of hydrogen-bond donors (Lipinski definition) is 2. The highest BCUT2D eigenvalue weighted by molar-refractivity contribution is 5.77. The van der Waals surface area contributed by atoms with Crippen LogP contribution >= 0.6 is 0 Å². The van der Waals surface area contributed by atoms with Crippen LogP contribution in [0, 0.1) is 0 Å². The number of nitrogens with one attached hydrogen (secondary N) is 1. The van der Waals surface area contributed by atoms with Crippen LogP contribution in [0.3, 0.4) is 0 Å². The molecule has 0 radical (unpaired) electrons. The fourth-order valence-electron chi connectivity index (χ4n) is 1.74. The van der Waals surface area contributed by atoms with E-state index < -0.39 is 5.97 Å². The van der Waals surface area contributed by atoms with Crippen LogP contribution < -0.4 is 10.1 Å². The van der Waals surface area contributed by atoms with Crippen molar-refractivity contribution < 1.29 is 19.4 Å². The highest BCUT2D eigenvalue weighted by Gasteiger charge is 2.12. The number of carboxylic acids is 1. The van der Waals surface area contributed by atoms with E-state index in [0.717, 1.165) is 11.3 Å². The number of rotatable bonds is 8. The first-order valence-electron chi connectivity index (χ1n) is 6.32. The number of likely N-dealkylation sites (N-methyl/N-ethyl adjacent to an activating group) is 1. The number of ether oxygens (including phenoxy) is 1. The molecule has 0 aliphatic heterocycles. The molecule has 6 heteroatoms. The second-order valence-electron chi connectivity index (χ2n) is 4.38. The Balaban J connectivity index is 2.65. The SMILES string of the molecule is CNC(=O)CN(CCC(=O)O)Cc1ccc(OC)cc1. The third-order valence-electron chi connectivity index (χ3n) is 2.85. The van der Waals surface area contributed by atoms with Crippen LogP contribution in [-0.2, 0) is 16.1 Å². The fourth-order valence-corrected chi connectivity index (χ4v) is 1.74. The summed E-state index contributed by atoms with van der Waals surface area (Å²) in [5.74, 6) is -0.248. The van der Waals surface area contributed by atoms with Crippen molar-refractivity contribution in [2.45, 2.75) is 13.0 Å². The van der Waals surface area contributed by atoms with Crippen LogP contribution in [-0.4, -0.2) is 49.1 Å². The van der Waals surface area contributed by atoms with Crippen molar-refractivity contribution in [3.8, 4) is 5.75 Å². The highest BCUT2D eigenvalue weighted by atomic mass is 16.5. The molecule has 1 amide bonds. The monoisotopic (exact) mass is 280 g/mol. The predicted octanol–water partition coefficient (Wildman–Crippen LogP) is 0.718. The Morgan fingerprint density at radius 3 is 2.45 bits per heavy atom. The Morgan fingerprint density at radius 1 is 1.30 bits per heavy atom. The molecule has 0 saturated heterocycles. The summed E-state index contributed by atoms with van der Waals surface area (Å²) in [4.78, 5) is 23.9. The summed E-state index contributed by atoms with van der Waals surface area (Å²) < 4.78 is 5.08. The molecule has 2 N–H and O–H groups in total. The summed E-state index contributed by atoms with van der Waals surface area (Å²) in [6.07, 6.45) is 0.00709. The molecule has 110 valence electrons. The van der Waals surface area contributed by atoms with Crippen LogP contribution in [0.25, 0.3) is 0 Å².